The number of amides is 2. The van der Waals surface area contributed by atoms with Crippen LogP contribution >= 0.6 is 0 Å². The number of nitrogens with zero attached hydrogens (tertiary/aromatic N) is 1. The highest BCUT2D eigenvalue weighted by atomic mass is 16.2. The summed E-state index contributed by atoms with van der Waals surface area (Å²) in [5.41, 5.74) is 1.83. The Balaban J connectivity index is 1.91. The minimum absolute atomic E-state index is 0.0801. The van der Waals surface area contributed by atoms with Crippen molar-refractivity contribution in [2.75, 3.05) is 0 Å². The molecule has 3 rings (SSSR count). The molecule has 136 valence electrons. The molecule has 2 aliphatic rings. The second-order valence-corrected chi connectivity index (χ2v) is 8.81. The lowest BCUT2D eigenvalue weighted by molar-refractivity contribution is -0.163. The van der Waals surface area contributed by atoms with Crippen molar-refractivity contribution in [3.63, 3.8) is 0 Å². The summed E-state index contributed by atoms with van der Waals surface area (Å²) in [6, 6.07) is 7.89. The van der Waals surface area contributed by atoms with E-state index in [0.717, 1.165) is 24.8 Å². The SMILES string of the molecule is CC(C)c1ccc(C(C(=O)NC(C)(C)C)N2C(=O)[C@@H]3CCC[C@@H]32)cc1. The lowest BCUT2D eigenvalue weighted by Gasteiger charge is -2.48. The van der Waals surface area contributed by atoms with Crippen LogP contribution in [0.25, 0.3) is 0 Å². The van der Waals surface area contributed by atoms with Gasteiger partial charge in [-0.05, 0) is 50.7 Å². The standard InChI is InChI=1S/C21H30N2O2/c1-13(2)14-9-11-15(12-10-14)18(19(24)22-21(3,4)5)23-17-8-6-7-16(17)20(23)25/h9-13,16-18H,6-8H2,1-5H3,(H,22,24)/t16-,17+,18?/m1/s1. The van der Waals surface area contributed by atoms with E-state index >= 15 is 0 Å². The van der Waals surface area contributed by atoms with Crippen LogP contribution in [-0.4, -0.2) is 28.3 Å². The molecule has 2 fully saturated rings. The molecule has 0 spiro atoms. The lowest BCUT2D eigenvalue weighted by Crippen LogP contribution is -2.62. The van der Waals surface area contributed by atoms with Crippen molar-refractivity contribution in [1.29, 1.82) is 0 Å². The highest BCUT2D eigenvalue weighted by Gasteiger charge is 2.54. The van der Waals surface area contributed by atoms with Gasteiger partial charge in [0.25, 0.3) is 0 Å². The number of benzene rings is 1. The van der Waals surface area contributed by atoms with Gasteiger partial charge in [-0.3, -0.25) is 9.59 Å². The van der Waals surface area contributed by atoms with Gasteiger partial charge in [0.1, 0.15) is 6.04 Å². The van der Waals surface area contributed by atoms with E-state index in [2.05, 4.69) is 31.3 Å². The molecule has 1 heterocycles. The van der Waals surface area contributed by atoms with E-state index in [0.29, 0.717) is 5.92 Å². The fourth-order valence-electron chi connectivity index (χ4n) is 4.09. The van der Waals surface area contributed by atoms with Crippen molar-refractivity contribution in [1.82, 2.24) is 10.2 Å². The minimum atomic E-state index is -0.521. The first-order valence-electron chi connectivity index (χ1n) is 9.43. The summed E-state index contributed by atoms with van der Waals surface area (Å²) in [5.74, 6) is 0.647. The molecule has 0 bridgehead atoms. The van der Waals surface area contributed by atoms with Crippen LogP contribution in [0.2, 0.25) is 0 Å². The van der Waals surface area contributed by atoms with Gasteiger partial charge in [0.15, 0.2) is 0 Å². The normalized spacial score (nSPS) is 24.1. The first-order valence-corrected chi connectivity index (χ1v) is 9.43. The van der Waals surface area contributed by atoms with E-state index in [9.17, 15) is 9.59 Å². The summed E-state index contributed by atoms with van der Waals surface area (Å²) in [7, 11) is 0. The monoisotopic (exact) mass is 342 g/mol. The maximum absolute atomic E-state index is 13.0. The van der Waals surface area contributed by atoms with Gasteiger partial charge in [0, 0.05) is 11.6 Å². The quantitative estimate of drug-likeness (QED) is 0.847. The Morgan fingerprint density at radius 1 is 1.12 bits per heavy atom. The highest BCUT2D eigenvalue weighted by Crippen LogP contribution is 2.45. The van der Waals surface area contributed by atoms with Crippen LogP contribution in [0.4, 0.5) is 0 Å². The van der Waals surface area contributed by atoms with E-state index in [4.69, 9.17) is 0 Å². The van der Waals surface area contributed by atoms with Gasteiger partial charge in [-0.1, -0.05) is 44.5 Å². The van der Waals surface area contributed by atoms with Crippen LogP contribution in [0.3, 0.4) is 0 Å². The molecule has 4 nitrogen and oxygen atoms in total. The number of fused-ring (bicyclic) bond motifs is 1. The zero-order chi connectivity index (χ0) is 18.4. The van der Waals surface area contributed by atoms with E-state index in [1.54, 1.807) is 0 Å². The Kier molecular flexibility index (Phi) is 4.65. The summed E-state index contributed by atoms with van der Waals surface area (Å²) in [4.78, 5) is 27.5. The lowest BCUT2D eigenvalue weighted by atomic mass is 9.86. The number of hydrogen-bond donors (Lipinski definition) is 1. The molecule has 1 aliphatic heterocycles. The van der Waals surface area contributed by atoms with Gasteiger partial charge in [-0.15, -0.1) is 0 Å². The van der Waals surface area contributed by atoms with Gasteiger partial charge in [0.05, 0.1) is 5.92 Å². The van der Waals surface area contributed by atoms with E-state index in [1.165, 1.54) is 5.56 Å². The molecule has 4 heteroatoms. The molecule has 1 unspecified atom stereocenters. The second-order valence-electron chi connectivity index (χ2n) is 8.81. The molecule has 1 saturated carbocycles. The molecule has 1 aliphatic carbocycles. The Hall–Kier alpha value is -1.84. The zero-order valence-electron chi connectivity index (χ0n) is 16.0. The van der Waals surface area contributed by atoms with Crippen molar-refractivity contribution < 1.29 is 9.59 Å². The summed E-state index contributed by atoms with van der Waals surface area (Å²) in [6.45, 7) is 10.2. The average molecular weight is 342 g/mol. The molecule has 1 aromatic rings. The van der Waals surface area contributed by atoms with Gasteiger partial charge >= 0.3 is 0 Å². The van der Waals surface area contributed by atoms with Crippen molar-refractivity contribution in [3.8, 4) is 0 Å². The summed E-state index contributed by atoms with van der Waals surface area (Å²) >= 11 is 0. The van der Waals surface area contributed by atoms with E-state index < -0.39 is 6.04 Å². The van der Waals surface area contributed by atoms with Gasteiger partial charge in [-0.25, -0.2) is 0 Å². The smallest absolute Gasteiger partial charge is 0.247 e. The largest absolute Gasteiger partial charge is 0.349 e. The summed E-state index contributed by atoms with van der Waals surface area (Å²) in [6.07, 6.45) is 3.07. The number of hydrogen-bond acceptors (Lipinski definition) is 2. The van der Waals surface area contributed by atoms with Crippen LogP contribution in [0.15, 0.2) is 24.3 Å². The molecule has 1 saturated heterocycles. The molecule has 1 N–H and O–H groups in total. The maximum Gasteiger partial charge on any atom is 0.247 e. The predicted octanol–water partition coefficient (Wildman–Crippen LogP) is 3.78. The third-order valence-corrected chi connectivity index (χ3v) is 5.35. The maximum atomic E-state index is 13.0. The fraction of sp³-hybridized carbons (Fsp3) is 0.619. The van der Waals surface area contributed by atoms with Crippen LogP contribution in [0, 0.1) is 5.92 Å². The highest BCUT2D eigenvalue weighted by molar-refractivity contribution is 5.94. The van der Waals surface area contributed by atoms with Gasteiger partial charge in [0.2, 0.25) is 11.8 Å². The van der Waals surface area contributed by atoms with Crippen LogP contribution in [-0.2, 0) is 9.59 Å². The van der Waals surface area contributed by atoms with Gasteiger partial charge < -0.3 is 10.2 Å². The molecule has 25 heavy (non-hydrogen) atoms. The summed E-state index contributed by atoms with van der Waals surface area (Å²) < 4.78 is 0. The van der Waals surface area contributed by atoms with Gasteiger partial charge in [-0.2, -0.15) is 0 Å². The van der Waals surface area contributed by atoms with Crippen molar-refractivity contribution >= 4 is 11.8 Å². The number of β-lactam (4-membered cyclic amide) rings is 1. The predicted molar refractivity (Wildman–Crippen MR) is 99.1 cm³/mol. The number of carbonyl (C=O) groups is 2. The fourth-order valence-corrected chi connectivity index (χ4v) is 4.09. The minimum Gasteiger partial charge on any atom is -0.349 e. The molecular weight excluding hydrogens is 312 g/mol. The van der Waals surface area contributed by atoms with Crippen LogP contribution < -0.4 is 5.32 Å². The number of carbonyl (C=O) groups excluding carboxylic acids is 2. The first kappa shape index (κ1) is 18.0. The van der Waals surface area contributed by atoms with Crippen LogP contribution in [0.1, 0.15) is 77.0 Å². The summed E-state index contributed by atoms with van der Waals surface area (Å²) in [5, 5.41) is 3.07. The Bertz CT molecular complexity index is 657. The first-order chi connectivity index (χ1) is 11.7. The van der Waals surface area contributed by atoms with Crippen molar-refractivity contribution in [2.24, 2.45) is 5.92 Å². The third kappa shape index (κ3) is 3.44. The molecule has 3 atom stereocenters. The molecule has 0 radical (unpaired) electrons. The zero-order valence-corrected chi connectivity index (χ0v) is 16.0. The second kappa shape index (κ2) is 6.47. The topological polar surface area (TPSA) is 49.4 Å². The number of nitrogens with one attached hydrogen (secondary N) is 1. The molecule has 1 aromatic carbocycles. The molecule has 2 amide bonds. The van der Waals surface area contributed by atoms with E-state index in [1.807, 2.05) is 37.8 Å². The Morgan fingerprint density at radius 3 is 2.28 bits per heavy atom. The van der Waals surface area contributed by atoms with E-state index in [-0.39, 0.29) is 29.3 Å². The number of likely N-dealkylation sites (tertiary alicyclic amines) is 1. The van der Waals surface area contributed by atoms with Crippen molar-refractivity contribution in [2.45, 2.75) is 77.4 Å². The van der Waals surface area contributed by atoms with Crippen molar-refractivity contribution in [3.05, 3.63) is 35.4 Å². The Labute approximate surface area is 151 Å². The molecular formula is C21H30N2O2. The Morgan fingerprint density at radius 2 is 1.72 bits per heavy atom. The third-order valence-electron chi connectivity index (χ3n) is 5.35. The average Bonchev–Trinajstić information content (AvgIpc) is 2.95. The molecule has 0 aromatic heterocycles. The van der Waals surface area contributed by atoms with Crippen LogP contribution in [0.5, 0.6) is 0 Å². The number of rotatable bonds is 4.